The van der Waals surface area contributed by atoms with E-state index in [1.165, 1.54) is 16.5 Å². The molecule has 1 fully saturated rings. The number of aromatic amines is 1. The van der Waals surface area contributed by atoms with Gasteiger partial charge in [-0.2, -0.15) is 0 Å². The summed E-state index contributed by atoms with van der Waals surface area (Å²) in [4.78, 5) is 22.8. The van der Waals surface area contributed by atoms with Crippen molar-refractivity contribution in [2.75, 3.05) is 38.2 Å². The zero-order valence-corrected chi connectivity index (χ0v) is 17.7. The number of nitrogens with one attached hydrogen (secondary N) is 2. The molecule has 0 spiro atoms. The number of hydrogen-bond acceptors (Lipinski definition) is 4. The minimum absolute atomic E-state index is 0.0584. The van der Waals surface area contributed by atoms with Crippen LogP contribution in [-0.4, -0.2) is 53.6 Å². The van der Waals surface area contributed by atoms with Gasteiger partial charge in [-0.15, -0.1) is 0 Å². The van der Waals surface area contributed by atoms with Crippen LogP contribution in [0.1, 0.15) is 27.4 Å². The molecule has 2 aliphatic heterocycles. The topological polar surface area (TPSA) is 70.2 Å². The summed E-state index contributed by atoms with van der Waals surface area (Å²) in [6, 6.07) is 18.7. The molecule has 1 unspecified atom stereocenters. The fourth-order valence-electron chi connectivity index (χ4n) is 4.72. The lowest BCUT2D eigenvalue weighted by atomic mass is 9.92. The predicted molar refractivity (Wildman–Crippen MR) is 125 cm³/mol. The van der Waals surface area contributed by atoms with E-state index in [0.29, 0.717) is 31.9 Å². The average Bonchev–Trinajstić information content (AvgIpc) is 3.50. The van der Waals surface area contributed by atoms with Crippen molar-refractivity contribution in [3.05, 3.63) is 83.7 Å². The normalized spacial score (nSPS) is 17.9. The molecule has 1 atom stereocenters. The van der Waals surface area contributed by atoms with Gasteiger partial charge in [0.05, 0.1) is 13.2 Å². The van der Waals surface area contributed by atoms with Crippen LogP contribution in [0.25, 0.3) is 22.0 Å². The molecule has 0 bridgehead atoms. The summed E-state index contributed by atoms with van der Waals surface area (Å²) >= 11 is 0. The van der Waals surface area contributed by atoms with E-state index in [0.717, 1.165) is 29.0 Å². The van der Waals surface area contributed by atoms with Gasteiger partial charge < -0.3 is 19.9 Å². The fraction of sp³-hybridized carbons (Fsp3) is 0.231. The number of rotatable bonds is 3. The summed E-state index contributed by atoms with van der Waals surface area (Å²) in [6.45, 7) is 3.31. The monoisotopic (exact) mass is 424 g/mol. The van der Waals surface area contributed by atoms with Gasteiger partial charge in [-0.05, 0) is 46.8 Å². The molecule has 6 rings (SSSR count). The molecule has 160 valence electrons. The first-order chi connectivity index (χ1) is 15.8. The van der Waals surface area contributed by atoms with Crippen molar-refractivity contribution in [2.24, 2.45) is 0 Å². The smallest absolute Gasteiger partial charge is 0.254 e. The van der Waals surface area contributed by atoms with Gasteiger partial charge in [-0.1, -0.05) is 24.3 Å². The van der Waals surface area contributed by atoms with Crippen molar-refractivity contribution in [3.63, 3.8) is 0 Å². The minimum atomic E-state index is 0.0584. The lowest BCUT2D eigenvalue weighted by Crippen LogP contribution is -2.40. The number of fused-ring (bicyclic) bond motifs is 2. The van der Waals surface area contributed by atoms with Gasteiger partial charge >= 0.3 is 0 Å². The summed E-state index contributed by atoms with van der Waals surface area (Å²) in [5, 5.41) is 4.66. The van der Waals surface area contributed by atoms with E-state index in [1.54, 1.807) is 0 Å². The van der Waals surface area contributed by atoms with Gasteiger partial charge in [0.15, 0.2) is 0 Å². The molecule has 4 aromatic rings. The Morgan fingerprint density at radius 1 is 1.03 bits per heavy atom. The molecule has 6 heteroatoms. The number of nitrogens with zero attached hydrogens (tertiary/aromatic N) is 2. The van der Waals surface area contributed by atoms with E-state index >= 15 is 0 Å². The number of benzene rings is 2. The molecule has 0 radical (unpaired) electrons. The maximum Gasteiger partial charge on any atom is 0.254 e. The van der Waals surface area contributed by atoms with Gasteiger partial charge in [0.2, 0.25) is 0 Å². The zero-order valence-electron chi connectivity index (χ0n) is 17.7. The highest BCUT2D eigenvalue weighted by atomic mass is 16.5. The van der Waals surface area contributed by atoms with Gasteiger partial charge in [0.25, 0.3) is 5.91 Å². The Morgan fingerprint density at radius 2 is 1.94 bits per heavy atom. The van der Waals surface area contributed by atoms with E-state index in [9.17, 15) is 4.79 Å². The van der Waals surface area contributed by atoms with Crippen LogP contribution in [0.5, 0.6) is 0 Å². The summed E-state index contributed by atoms with van der Waals surface area (Å²) in [5.41, 5.74) is 6.34. The standard InChI is InChI=1S/C26H24N4O2/c31-26(30-8-10-32-11-9-30)20-3-1-2-18(12-20)21-13-22-23(16-29-25(22)28-15-21)19-5-4-17-6-7-27-24(17)14-19/h1-7,12-15,23,27H,8-11,16H2,(H,28,29). The average molecular weight is 425 g/mol. The number of aromatic nitrogens is 2. The number of pyridine rings is 1. The number of morpholine rings is 1. The molecule has 1 saturated heterocycles. The second-order valence-corrected chi connectivity index (χ2v) is 8.41. The zero-order chi connectivity index (χ0) is 21.5. The lowest BCUT2D eigenvalue weighted by molar-refractivity contribution is 0.0303. The summed E-state index contributed by atoms with van der Waals surface area (Å²) < 4.78 is 5.38. The van der Waals surface area contributed by atoms with Gasteiger partial charge in [-0.3, -0.25) is 4.79 Å². The van der Waals surface area contributed by atoms with Crippen LogP contribution in [0.15, 0.2) is 67.0 Å². The Balaban J connectivity index is 1.32. The van der Waals surface area contributed by atoms with E-state index in [4.69, 9.17) is 9.72 Å². The first-order valence-electron chi connectivity index (χ1n) is 11.0. The van der Waals surface area contributed by atoms with Crippen molar-refractivity contribution in [3.8, 4) is 11.1 Å². The maximum atomic E-state index is 12.9. The molecule has 0 saturated carbocycles. The first-order valence-corrected chi connectivity index (χ1v) is 11.0. The molecule has 4 heterocycles. The van der Waals surface area contributed by atoms with Gasteiger partial charge in [0, 0.05) is 60.2 Å². The summed E-state index contributed by atoms with van der Waals surface area (Å²) in [7, 11) is 0. The summed E-state index contributed by atoms with van der Waals surface area (Å²) in [6.07, 6.45) is 3.86. The van der Waals surface area contributed by atoms with Gasteiger partial charge in [-0.25, -0.2) is 4.98 Å². The number of carbonyl (C=O) groups is 1. The van der Waals surface area contributed by atoms with Crippen LogP contribution in [0, 0.1) is 0 Å². The number of H-pyrrole nitrogens is 1. The number of anilines is 1. The van der Waals surface area contributed by atoms with Crippen LogP contribution in [0.2, 0.25) is 0 Å². The first kappa shape index (κ1) is 19.1. The van der Waals surface area contributed by atoms with E-state index < -0.39 is 0 Å². The largest absolute Gasteiger partial charge is 0.378 e. The molecular formula is C26H24N4O2. The van der Waals surface area contributed by atoms with E-state index in [2.05, 4.69) is 40.6 Å². The Hall–Kier alpha value is -3.64. The van der Waals surface area contributed by atoms with Crippen molar-refractivity contribution < 1.29 is 9.53 Å². The molecule has 2 aromatic carbocycles. The van der Waals surface area contributed by atoms with Crippen LogP contribution < -0.4 is 5.32 Å². The molecule has 32 heavy (non-hydrogen) atoms. The third kappa shape index (κ3) is 3.33. The molecular weight excluding hydrogens is 400 g/mol. The number of carbonyl (C=O) groups excluding carboxylic acids is 1. The molecule has 1 amide bonds. The summed E-state index contributed by atoms with van der Waals surface area (Å²) in [5.74, 6) is 1.23. The van der Waals surface area contributed by atoms with E-state index in [-0.39, 0.29) is 11.8 Å². The Labute approximate surface area is 186 Å². The van der Waals surface area contributed by atoms with Crippen LogP contribution in [0.4, 0.5) is 5.82 Å². The Morgan fingerprint density at radius 3 is 2.84 bits per heavy atom. The van der Waals surface area contributed by atoms with Crippen molar-refractivity contribution in [1.29, 1.82) is 0 Å². The Kier molecular flexibility index (Phi) is 4.65. The highest BCUT2D eigenvalue weighted by molar-refractivity contribution is 5.95. The molecule has 6 nitrogen and oxygen atoms in total. The van der Waals surface area contributed by atoms with Crippen LogP contribution in [-0.2, 0) is 4.74 Å². The highest BCUT2D eigenvalue weighted by Gasteiger charge is 2.26. The second-order valence-electron chi connectivity index (χ2n) is 8.41. The lowest BCUT2D eigenvalue weighted by Gasteiger charge is -2.27. The Bertz CT molecular complexity index is 1310. The fourth-order valence-corrected chi connectivity index (χ4v) is 4.72. The highest BCUT2D eigenvalue weighted by Crippen LogP contribution is 2.38. The van der Waals surface area contributed by atoms with Crippen molar-refractivity contribution in [1.82, 2.24) is 14.9 Å². The maximum absolute atomic E-state index is 12.9. The number of ether oxygens (including phenoxy) is 1. The van der Waals surface area contributed by atoms with Crippen molar-refractivity contribution >= 4 is 22.6 Å². The van der Waals surface area contributed by atoms with Gasteiger partial charge in [0.1, 0.15) is 5.82 Å². The SMILES string of the molecule is O=C(c1cccc(-c2cnc3c(c2)C(c2ccc4cc[nH]c4c2)CN3)c1)N1CCOCC1. The quantitative estimate of drug-likeness (QED) is 0.516. The molecule has 2 aliphatic rings. The van der Waals surface area contributed by atoms with Crippen LogP contribution >= 0.6 is 0 Å². The third-order valence-corrected chi connectivity index (χ3v) is 6.49. The third-order valence-electron chi connectivity index (χ3n) is 6.49. The molecule has 2 N–H and O–H groups in total. The minimum Gasteiger partial charge on any atom is -0.378 e. The molecule has 2 aromatic heterocycles. The van der Waals surface area contributed by atoms with E-state index in [1.807, 2.05) is 41.6 Å². The van der Waals surface area contributed by atoms with Crippen molar-refractivity contribution in [2.45, 2.75) is 5.92 Å². The number of amides is 1. The number of hydrogen-bond donors (Lipinski definition) is 2. The molecule has 0 aliphatic carbocycles. The second kappa shape index (κ2) is 7.80. The predicted octanol–water partition coefficient (Wildman–Crippen LogP) is 4.26. The van der Waals surface area contributed by atoms with Crippen LogP contribution in [0.3, 0.4) is 0 Å².